The summed E-state index contributed by atoms with van der Waals surface area (Å²) < 4.78 is 0. The smallest absolute Gasteiger partial charge is 0.133 e. The standard InChI is InChI=1S/C7H12N3/c1-3-7(8-4-1)10-6-2-5-9-10/h3,9H,1-2,4-6H2. The molecule has 0 bridgehead atoms. The molecule has 2 aliphatic rings. The number of hydrogen-bond donors (Lipinski definition) is 1. The van der Waals surface area contributed by atoms with Crippen molar-refractivity contribution in [3.05, 3.63) is 11.9 Å². The molecular formula is C7H12N3. The van der Waals surface area contributed by atoms with Crippen molar-refractivity contribution in [3.63, 3.8) is 0 Å². The van der Waals surface area contributed by atoms with Crippen molar-refractivity contribution >= 4 is 0 Å². The first kappa shape index (κ1) is 6.04. The van der Waals surface area contributed by atoms with Crippen molar-refractivity contribution in [2.45, 2.75) is 12.8 Å². The topological polar surface area (TPSA) is 29.4 Å². The molecule has 3 heteroatoms. The largest absolute Gasteiger partial charge is 0.293 e. The highest BCUT2D eigenvalue weighted by atomic mass is 15.6. The molecule has 2 aliphatic heterocycles. The second kappa shape index (κ2) is 2.50. The van der Waals surface area contributed by atoms with E-state index in [1.165, 1.54) is 6.42 Å². The van der Waals surface area contributed by atoms with Gasteiger partial charge in [-0.1, -0.05) is 0 Å². The number of hydrogen-bond acceptors (Lipinski definition) is 2. The Morgan fingerprint density at radius 1 is 1.60 bits per heavy atom. The molecule has 0 aliphatic carbocycles. The third-order valence-corrected chi connectivity index (χ3v) is 1.87. The van der Waals surface area contributed by atoms with E-state index in [1.807, 2.05) is 0 Å². The second-order valence-corrected chi connectivity index (χ2v) is 2.65. The molecule has 1 N–H and O–H groups in total. The van der Waals surface area contributed by atoms with Crippen LogP contribution in [-0.2, 0) is 0 Å². The van der Waals surface area contributed by atoms with Crippen LogP contribution in [0.5, 0.6) is 0 Å². The minimum Gasteiger partial charge on any atom is -0.293 e. The average Bonchev–Trinajstić information content (AvgIpc) is 2.59. The number of nitrogens with zero attached hydrogens (tertiary/aromatic N) is 2. The summed E-state index contributed by atoms with van der Waals surface area (Å²) >= 11 is 0. The lowest BCUT2D eigenvalue weighted by molar-refractivity contribution is 0.306. The van der Waals surface area contributed by atoms with Gasteiger partial charge in [-0.3, -0.25) is 10.3 Å². The molecule has 0 atom stereocenters. The molecule has 55 valence electrons. The Labute approximate surface area is 61.1 Å². The lowest BCUT2D eigenvalue weighted by Gasteiger charge is -2.17. The highest BCUT2D eigenvalue weighted by molar-refractivity contribution is 5.04. The molecule has 0 aromatic rings. The van der Waals surface area contributed by atoms with Crippen molar-refractivity contribution < 1.29 is 0 Å². The maximum absolute atomic E-state index is 4.34. The summed E-state index contributed by atoms with van der Waals surface area (Å²) in [7, 11) is 0. The maximum Gasteiger partial charge on any atom is 0.133 e. The van der Waals surface area contributed by atoms with Gasteiger partial charge in [0.25, 0.3) is 0 Å². The zero-order valence-corrected chi connectivity index (χ0v) is 6.01. The Morgan fingerprint density at radius 2 is 2.60 bits per heavy atom. The maximum atomic E-state index is 4.34. The summed E-state index contributed by atoms with van der Waals surface area (Å²) in [5.74, 6) is 1.15. The molecule has 2 rings (SSSR count). The van der Waals surface area contributed by atoms with Crippen molar-refractivity contribution in [2.24, 2.45) is 0 Å². The van der Waals surface area contributed by atoms with Gasteiger partial charge in [0, 0.05) is 19.6 Å². The predicted molar refractivity (Wildman–Crippen MR) is 39.0 cm³/mol. The summed E-state index contributed by atoms with van der Waals surface area (Å²) in [6.45, 7) is 3.20. The lowest BCUT2D eigenvalue weighted by Crippen LogP contribution is -2.32. The first-order valence-corrected chi connectivity index (χ1v) is 3.85. The van der Waals surface area contributed by atoms with Crippen LogP contribution < -0.4 is 10.7 Å². The van der Waals surface area contributed by atoms with Gasteiger partial charge in [0.2, 0.25) is 0 Å². The van der Waals surface area contributed by atoms with Crippen LogP contribution >= 0.6 is 0 Å². The Kier molecular flexibility index (Phi) is 1.51. The van der Waals surface area contributed by atoms with E-state index in [0.717, 1.165) is 31.9 Å². The normalized spacial score (nSPS) is 24.8. The van der Waals surface area contributed by atoms with E-state index < -0.39 is 0 Å². The van der Waals surface area contributed by atoms with Crippen molar-refractivity contribution in [1.29, 1.82) is 0 Å². The fraction of sp³-hybridized carbons (Fsp3) is 0.714. The summed E-state index contributed by atoms with van der Waals surface area (Å²) in [5, 5.41) is 6.49. The monoisotopic (exact) mass is 138 g/mol. The van der Waals surface area contributed by atoms with E-state index >= 15 is 0 Å². The molecule has 0 unspecified atom stereocenters. The molecule has 1 saturated heterocycles. The van der Waals surface area contributed by atoms with E-state index in [9.17, 15) is 0 Å². The molecular weight excluding hydrogens is 126 g/mol. The molecule has 10 heavy (non-hydrogen) atoms. The molecule has 0 spiro atoms. The van der Waals surface area contributed by atoms with Gasteiger partial charge in [0.15, 0.2) is 0 Å². The van der Waals surface area contributed by atoms with Crippen LogP contribution in [0.3, 0.4) is 0 Å². The minimum absolute atomic E-state index is 0.980. The molecule has 3 nitrogen and oxygen atoms in total. The first-order valence-electron chi connectivity index (χ1n) is 3.85. The van der Waals surface area contributed by atoms with Gasteiger partial charge in [0.05, 0.1) is 0 Å². The molecule has 1 fully saturated rings. The van der Waals surface area contributed by atoms with Crippen LogP contribution in [0.1, 0.15) is 12.8 Å². The molecule has 0 saturated carbocycles. The Balaban J connectivity index is 1.97. The van der Waals surface area contributed by atoms with Crippen LogP contribution in [-0.4, -0.2) is 24.6 Å². The van der Waals surface area contributed by atoms with Gasteiger partial charge in [0.1, 0.15) is 5.82 Å². The average molecular weight is 138 g/mol. The first-order chi connectivity index (χ1) is 4.97. The van der Waals surface area contributed by atoms with Crippen molar-refractivity contribution in [3.8, 4) is 0 Å². The van der Waals surface area contributed by atoms with Gasteiger partial charge in [-0.25, -0.2) is 5.43 Å². The summed E-state index contributed by atoms with van der Waals surface area (Å²) in [6.07, 6.45) is 4.55. The third-order valence-electron chi connectivity index (χ3n) is 1.87. The Hall–Kier alpha value is -0.700. The highest BCUT2D eigenvalue weighted by Gasteiger charge is 2.16. The zero-order chi connectivity index (χ0) is 6.81. The Morgan fingerprint density at radius 3 is 3.20 bits per heavy atom. The SMILES string of the molecule is C1=C(N2CCCN2)[N]CC1. The summed E-state index contributed by atoms with van der Waals surface area (Å²) in [4.78, 5) is 0. The van der Waals surface area contributed by atoms with Crippen LogP contribution in [0.4, 0.5) is 0 Å². The van der Waals surface area contributed by atoms with Gasteiger partial charge >= 0.3 is 0 Å². The minimum atomic E-state index is 0.980. The molecule has 2 heterocycles. The highest BCUT2D eigenvalue weighted by Crippen LogP contribution is 2.10. The van der Waals surface area contributed by atoms with Crippen molar-refractivity contribution in [1.82, 2.24) is 15.8 Å². The van der Waals surface area contributed by atoms with E-state index in [4.69, 9.17) is 0 Å². The van der Waals surface area contributed by atoms with E-state index in [-0.39, 0.29) is 0 Å². The van der Waals surface area contributed by atoms with Gasteiger partial charge < -0.3 is 0 Å². The molecule has 0 aromatic heterocycles. The quantitative estimate of drug-likeness (QED) is 0.554. The number of hydrazine groups is 1. The van der Waals surface area contributed by atoms with E-state index in [0.29, 0.717) is 0 Å². The van der Waals surface area contributed by atoms with Crippen LogP contribution in [0.2, 0.25) is 0 Å². The fourth-order valence-electron chi connectivity index (χ4n) is 1.36. The summed E-state index contributed by atoms with van der Waals surface area (Å²) in [6, 6.07) is 0. The third kappa shape index (κ3) is 0.968. The number of nitrogens with one attached hydrogen (secondary N) is 1. The zero-order valence-electron chi connectivity index (χ0n) is 6.01. The molecule has 1 radical (unpaired) electrons. The molecule has 0 aromatic carbocycles. The van der Waals surface area contributed by atoms with Gasteiger partial charge in [-0.2, -0.15) is 0 Å². The second-order valence-electron chi connectivity index (χ2n) is 2.65. The van der Waals surface area contributed by atoms with Gasteiger partial charge in [-0.15, -0.1) is 0 Å². The van der Waals surface area contributed by atoms with Gasteiger partial charge in [-0.05, 0) is 18.9 Å². The van der Waals surface area contributed by atoms with Crippen LogP contribution in [0.25, 0.3) is 0 Å². The van der Waals surface area contributed by atoms with E-state index in [1.54, 1.807) is 0 Å². The predicted octanol–water partition coefficient (Wildman–Crippen LogP) is 0.0462. The summed E-state index contributed by atoms with van der Waals surface area (Å²) in [5.41, 5.74) is 3.27. The van der Waals surface area contributed by atoms with Crippen LogP contribution in [0.15, 0.2) is 11.9 Å². The fourth-order valence-corrected chi connectivity index (χ4v) is 1.36. The molecule has 0 amide bonds. The number of rotatable bonds is 1. The Bertz CT molecular complexity index is 147. The lowest BCUT2D eigenvalue weighted by atomic mass is 10.4. The van der Waals surface area contributed by atoms with E-state index in [2.05, 4.69) is 21.8 Å². The van der Waals surface area contributed by atoms with Crippen molar-refractivity contribution in [2.75, 3.05) is 19.6 Å². The van der Waals surface area contributed by atoms with Crippen LogP contribution in [0, 0.1) is 0 Å².